The monoisotopic (exact) mass is 545 g/mol. The molecular weight excluding hydrogens is 528 g/mol. The highest BCUT2D eigenvalue weighted by Gasteiger charge is 2.27. The Bertz CT molecular complexity index is 2000. The van der Waals surface area contributed by atoms with Crippen molar-refractivity contribution in [3.8, 4) is 22.4 Å². The van der Waals surface area contributed by atoms with Crippen molar-refractivity contribution in [2.75, 3.05) is 5.73 Å². The fourth-order valence-corrected chi connectivity index (χ4v) is 5.24. The molecule has 1 unspecified atom stereocenters. The van der Waals surface area contributed by atoms with E-state index in [-0.39, 0.29) is 50.0 Å². The maximum absolute atomic E-state index is 14.7. The molecule has 4 aromatic heterocycles. The molecular formula is C27H17F2N5O4S. The van der Waals surface area contributed by atoms with Crippen LogP contribution >= 0.6 is 11.3 Å². The molecule has 4 heterocycles. The minimum atomic E-state index is -1.05. The third-order valence-electron chi connectivity index (χ3n) is 6.35. The smallest absolute Gasteiger partial charge is 0.345 e. The lowest BCUT2D eigenvalue weighted by Gasteiger charge is -2.16. The first-order valence-corrected chi connectivity index (χ1v) is 12.5. The second-order valence-corrected chi connectivity index (χ2v) is 9.70. The van der Waals surface area contributed by atoms with E-state index in [2.05, 4.69) is 20.2 Å². The highest BCUT2D eigenvalue weighted by Crippen LogP contribution is 2.36. The molecule has 0 aliphatic carbocycles. The Kier molecular flexibility index (Phi) is 5.69. The Morgan fingerprint density at radius 1 is 1.10 bits per heavy atom. The number of aromatic nitrogens is 4. The number of aromatic carboxylic acids is 1. The fourth-order valence-electron chi connectivity index (χ4n) is 4.51. The van der Waals surface area contributed by atoms with Gasteiger partial charge in [0.25, 0.3) is 0 Å². The van der Waals surface area contributed by atoms with Gasteiger partial charge in [-0.3, -0.25) is 9.89 Å². The van der Waals surface area contributed by atoms with Gasteiger partial charge in [0.2, 0.25) is 5.43 Å². The quantitative estimate of drug-likeness (QED) is 0.255. The third-order valence-corrected chi connectivity index (χ3v) is 7.27. The first-order chi connectivity index (χ1) is 18.7. The van der Waals surface area contributed by atoms with Crippen LogP contribution in [0.5, 0.6) is 0 Å². The van der Waals surface area contributed by atoms with Gasteiger partial charge in [0.15, 0.2) is 5.65 Å². The van der Waals surface area contributed by atoms with Gasteiger partial charge in [-0.1, -0.05) is 18.2 Å². The number of thiophene rings is 1. The molecule has 2 aromatic carbocycles. The number of H-pyrrole nitrogens is 1. The van der Waals surface area contributed by atoms with Gasteiger partial charge in [-0.15, -0.1) is 11.3 Å². The average molecular weight is 546 g/mol. The number of hydrogen-bond acceptors (Lipinski definition) is 8. The van der Waals surface area contributed by atoms with Gasteiger partial charge in [-0.25, -0.2) is 23.5 Å². The van der Waals surface area contributed by atoms with Gasteiger partial charge in [0, 0.05) is 10.9 Å². The number of nitrogen functional groups attached to an aromatic ring is 1. The average Bonchev–Trinajstić information content (AvgIpc) is 3.56. The summed E-state index contributed by atoms with van der Waals surface area (Å²) in [7, 11) is 0. The van der Waals surface area contributed by atoms with Crippen LogP contribution in [0.25, 0.3) is 44.4 Å². The molecule has 0 aliphatic rings. The number of carbonyl (C=O) groups is 1. The second-order valence-electron chi connectivity index (χ2n) is 8.78. The van der Waals surface area contributed by atoms with Gasteiger partial charge in [-0.05, 0) is 42.8 Å². The molecule has 0 aliphatic heterocycles. The van der Waals surface area contributed by atoms with Gasteiger partial charge in [0.1, 0.15) is 44.9 Å². The minimum Gasteiger partial charge on any atom is -0.477 e. The van der Waals surface area contributed by atoms with E-state index < -0.39 is 29.0 Å². The number of benzene rings is 2. The Balaban J connectivity index is 1.53. The summed E-state index contributed by atoms with van der Waals surface area (Å²) in [6, 6.07) is 10.9. The predicted molar refractivity (Wildman–Crippen MR) is 142 cm³/mol. The van der Waals surface area contributed by atoms with Crippen LogP contribution in [0.2, 0.25) is 0 Å². The standard InChI is InChI=1S/C27H17F2N5O4S/c1-11(25-31-24(30)20-21(33-34-26(20)32-25)13-9-17(27(36)37)39-10-13)23-18(12-4-2-5-14(28)8-12)22(35)19-15(29)6-3-7-16(19)38-23/h2-11H,1H3,(H,36,37)(H3,30,31,32,33,34). The molecule has 0 amide bonds. The molecule has 12 heteroatoms. The van der Waals surface area contributed by atoms with Gasteiger partial charge in [0.05, 0.1) is 22.6 Å². The lowest BCUT2D eigenvalue weighted by molar-refractivity contribution is 0.0702. The minimum absolute atomic E-state index is 0.0183. The first-order valence-electron chi connectivity index (χ1n) is 11.6. The summed E-state index contributed by atoms with van der Waals surface area (Å²) < 4.78 is 34.9. The first kappa shape index (κ1) is 24.4. The number of carboxylic acid groups (broad SMARTS) is 1. The molecule has 1 atom stereocenters. The zero-order chi connectivity index (χ0) is 27.4. The zero-order valence-electron chi connectivity index (χ0n) is 20.0. The molecule has 0 spiro atoms. The number of rotatable bonds is 5. The number of nitrogens with one attached hydrogen (secondary N) is 1. The second kappa shape index (κ2) is 9.10. The van der Waals surface area contributed by atoms with Crippen molar-refractivity contribution in [1.29, 1.82) is 0 Å². The van der Waals surface area contributed by atoms with Gasteiger partial charge < -0.3 is 15.3 Å². The molecule has 0 saturated carbocycles. The summed E-state index contributed by atoms with van der Waals surface area (Å²) in [5, 5.41) is 18.1. The van der Waals surface area contributed by atoms with Crippen LogP contribution in [0, 0.1) is 11.6 Å². The number of nitrogens with zero attached hydrogens (tertiary/aromatic N) is 3. The number of nitrogens with two attached hydrogens (primary N) is 1. The number of aromatic amines is 1. The van der Waals surface area contributed by atoms with Crippen molar-refractivity contribution in [1.82, 2.24) is 20.2 Å². The number of hydrogen-bond donors (Lipinski definition) is 3. The Hall–Kier alpha value is -4.97. The zero-order valence-corrected chi connectivity index (χ0v) is 20.8. The Labute approximate surface area is 221 Å². The highest BCUT2D eigenvalue weighted by atomic mass is 32.1. The molecule has 0 radical (unpaired) electrons. The molecule has 6 aromatic rings. The van der Waals surface area contributed by atoms with Gasteiger partial charge in [-0.2, -0.15) is 5.10 Å². The lowest BCUT2D eigenvalue weighted by atomic mass is 9.95. The van der Waals surface area contributed by atoms with Crippen molar-refractivity contribution < 1.29 is 23.1 Å². The molecule has 39 heavy (non-hydrogen) atoms. The predicted octanol–water partition coefficient (Wildman–Crippen LogP) is 5.57. The Morgan fingerprint density at radius 3 is 2.64 bits per heavy atom. The van der Waals surface area contributed by atoms with E-state index in [1.165, 1.54) is 42.5 Å². The topological polar surface area (TPSA) is 148 Å². The van der Waals surface area contributed by atoms with Crippen LogP contribution in [-0.4, -0.2) is 31.2 Å². The maximum Gasteiger partial charge on any atom is 0.345 e. The van der Waals surface area contributed by atoms with Crippen LogP contribution in [-0.2, 0) is 0 Å². The van der Waals surface area contributed by atoms with Crippen LogP contribution in [0.3, 0.4) is 0 Å². The maximum atomic E-state index is 14.7. The summed E-state index contributed by atoms with van der Waals surface area (Å²) in [5.41, 5.74) is 7.09. The van der Waals surface area contributed by atoms with E-state index >= 15 is 0 Å². The number of halogens is 2. The summed E-state index contributed by atoms with van der Waals surface area (Å²) >= 11 is 1.05. The van der Waals surface area contributed by atoms with Crippen molar-refractivity contribution in [3.05, 3.63) is 92.2 Å². The summed E-state index contributed by atoms with van der Waals surface area (Å²) in [4.78, 5) is 34.0. The number of fused-ring (bicyclic) bond motifs is 2. The van der Waals surface area contributed by atoms with E-state index in [1.807, 2.05) is 0 Å². The van der Waals surface area contributed by atoms with E-state index in [0.29, 0.717) is 16.6 Å². The molecule has 194 valence electrons. The van der Waals surface area contributed by atoms with Crippen molar-refractivity contribution >= 4 is 45.1 Å². The fraction of sp³-hybridized carbons (Fsp3) is 0.0741. The van der Waals surface area contributed by atoms with E-state index in [4.69, 9.17) is 10.2 Å². The largest absolute Gasteiger partial charge is 0.477 e. The molecule has 0 fully saturated rings. The van der Waals surface area contributed by atoms with E-state index in [9.17, 15) is 23.5 Å². The van der Waals surface area contributed by atoms with Crippen LogP contribution in [0.15, 0.2) is 63.1 Å². The van der Waals surface area contributed by atoms with Crippen molar-refractivity contribution in [2.45, 2.75) is 12.8 Å². The molecule has 0 saturated heterocycles. The number of anilines is 1. The highest BCUT2D eigenvalue weighted by molar-refractivity contribution is 7.12. The normalized spacial score (nSPS) is 12.3. The summed E-state index contributed by atoms with van der Waals surface area (Å²) in [6.07, 6.45) is 0. The van der Waals surface area contributed by atoms with E-state index in [1.54, 1.807) is 12.3 Å². The molecule has 4 N–H and O–H groups in total. The summed E-state index contributed by atoms with van der Waals surface area (Å²) in [5.74, 6) is -2.85. The van der Waals surface area contributed by atoms with Gasteiger partial charge >= 0.3 is 5.97 Å². The van der Waals surface area contributed by atoms with Crippen LogP contribution < -0.4 is 11.2 Å². The lowest BCUT2D eigenvalue weighted by Crippen LogP contribution is -2.14. The SMILES string of the molecule is CC(c1nc(N)c2c(-c3csc(C(=O)O)c3)[nH]nc2n1)c1oc2cccc(F)c2c(=O)c1-c1cccc(F)c1. The van der Waals surface area contributed by atoms with Crippen LogP contribution in [0.4, 0.5) is 14.6 Å². The molecule has 6 rings (SSSR count). The number of carboxylic acids is 1. The summed E-state index contributed by atoms with van der Waals surface area (Å²) in [6.45, 7) is 1.68. The Morgan fingerprint density at radius 2 is 1.90 bits per heavy atom. The van der Waals surface area contributed by atoms with Crippen molar-refractivity contribution in [3.63, 3.8) is 0 Å². The molecule has 9 nitrogen and oxygen atoms in total. The molecule has 0 bridgehead atoms. The third kappa shape index (κ3) is 4.01. The van der Waals surface area contributed by atoms with Crippen molar-refractivity contribution in [2.24, 2.45) is 0 Å². The van der Waals surface area contributed by atoms with E-state index in [0.717, 1.165) is 17.4 Å². The van der Waals surface area contributed by atoms with Crippen LogP contribution in [0.1, 0.15) is 34.1 Å².